The molecular weight excluding hydrogens is 360 g/mol. The fraction of sp³-hybridized carbons (Fsp3) is 0.571. The summed E-state index contributed by atoms with van der Waals surface area (Å²) in [6.45, 7) is 1.76. The van der Waals surface area contributed by atoms with Crippen LogP contribution in [0.3, 0.4) is 0 Å². The van der Waals surface area contributed by atoms with Gasteiger partial charge >= 0.3 is 0 Å². The monoisotopic (exact) mass is 376 g/mol. The van der Waals surface area contributed by atoms with Crippen molar-refractivity contribution in [2.45, 2.75) is 19.3 Å². The van der Waals surface area contributed by atoms with Gasteiger partial charge in [-0.2, -0.15) is 0 Å². The third kappa shape index (κ3) is 3.28. The maximum atomic E-state index is 5.47. The van der Waals surface area contributed by atoms with Gasteiger partial charge < -0.3 is 9.47 Å². The number of alkyl halides is 1. The molecule has 2 rings (SSSR count). The molecular formula is C14H18Br2O2. The average molecular weight is 378 g/mol. The van der Waals surface area contributed by atoms with Crippen molar-refractivity contribution >= 4 is 31.9 Å². The second kappa shape index (κ2) is 6.40. The molecule has 1 aliphatic rings. The van der Waals surface area contributed by atoms with E-state index in [-0.39, 0.29) is 0 Å². The van der Waals surface area contributed by atoms with Gasteiger partial charge in [-0.05, 0) is 58.3 Å². The molecule has 0 atom stereocenters. The van der Waals surface area contributed by atoms with E-state index in [1.54, 1.807) is 7.11 Å². The van der Waals surface area contributed by atoms with E-state index < -0.39 is 0 Å². The second-order valence-corrected chi connectivity index (χ2v) is 6.31. The summed E-state index contributed by atoms with van der Waals surface area (Å²) in [6, 6.07) is 6.35. The van der Waals surface area contributed by atoms with E-state index in [1.807, 2.05) is 6.07 Å². The minimum Gasteiger partial charge on any atom is -0.496 e. The first kappa shape index (κ1) is 14.4. The van der Waals surface area contributed by atoms with Crippen LogP contribution < -0.4 is 4.74 Å². The van der Waals surface area contributed by atoms with Crippen LogP contribution in [0.4, 0.5) is 0 Å². The van der Waals surface area contributed by atoms with Crippen molar-refractivity contribution in [2.24, 2.45) is 5.41 Å². The Bertz CT molecular complexity index is 401. The van der Waals surface area contributed by atoms with Crippen LogP contribution in [0.15, 0.2) is 22.7 Å². The maximum absolute atomic E-state index is 5.47. The Labute approximate surface area is 125 Å². The zero-order valence-electron chi connectivity index (χ0n) is 10.5. The van der Waals surface area contributed by atoms with Crippen LogP contribution in [0, 0.1) is 5.41 Å². The van der Waals surface area contributed by atoms with Crippen molar-refractivity contribution in [3.8, 4) is 5.75 Å². The average Bonchev–Trinajstić information content (AvgIpc) is 2.40. The van der Waals surface area contributed by atoms with Crippen molar-refractivity contribution in [3.05, 3.63) is 28.2 Å². The van der Waals surface area contributed by atoms with E-state index in [9.17, 15) is 0 Å². The van der Waals surface area contributed by atoms with Gasteiger partial charge in [-0.25, -0.2) is 0 Å². The highest BCUT2D eigenvalue weighted by Crippen LogP contribution is 2.37. The predicted molar refractivity (Wildman–Crippen MR) is 80.7 cm³/mol. The van der Waals surface area contributed by atoms with Gasteiger partial charge in [0.1, 0.15) is 5.75 Å². The Hall–Kier alpha value is -0.0600. The minimum absolute atomic E-state index is 0.340. The van der Waals surface area contributed by atoms with E-state index in [4.69, 9.17) is 9.47 Å². The van der Waals surface area contributed by atoms with Gasteiger partial charge in [-0.1, -0.05) is 22.0 Å². The molecule has 18 heavy (non-hydrogen) atoms. The number of halogens is 2. The smallest absolute Gasteiger partial charge is 0.133 e. The molecule has 1 heterocycles. The standard InChI is InChI=1S/C14H18Br2O2/c1-17-13-3-2-11(8-12(13)16)9-14(10-15)4-6-18-7-5-14/h2-3,8H,4-7,9-10H2,1H3. The van der Waals surface area contributed by atoms with Crippen molar-refractivity contribution < 1.29 is 9.47 Å². The van der Waals surface area contributed by atoms with Gasteiger partial charge in [0.2, 0.25) is 0 Å². The third-order valence-corrected chi connectivity index (χ3v) is 5.44. The molecule has 0 aliphatic carbocycles. The summed E-state index contributed by atoms with van der Waals surface area (Å²) < 4.78 is 11.8. The van der Waals surface area contributed by atoms with E-state index in [2.05, 4.69) is 44.0 Å². The maximum Gasteiger partial charge on any atom is 0.133 e. The quantitative estimate of drug-likeness (QED) is 0.732. The van der Waals surface area contributed by atoms with Gasteiger partial charge in [-0.3, -0.25) is 0 Å². The minimum atomic E-state index is 0.340. The molecule has 1 aromatic rings. The largest absolute Gasteiger partial charge is 0.496 e. The first-order valence-electron chi connectivity index (χ1n) is 6.15. The van der Waals surface area contributed by atoms with Gasteiger partial charge in [-0.15, -0.1) is 0 Å². The summed E-state index contributed by atoms with van der Waals surface area (Å²) in [6.07, 6.45) is 3.34. The van der Waals surface area contributed by atoms with E-state index in [0.717, 1.165) is 48.0 Å². The number of benzene rings is 1. The molecule has 4 heteroatoms. The number of hydrogen-bond donors (Lipinski definition) is 0. The van der Waals surface area contributed by atoms with E-state index in [0.29, 0.717) is 5.41 Å². The Morgan fingerprint density at radius 3 is 2.61 bits per heavy atom. The van der Waals surface area contributed by atoms with Crippen molar-refractivity contribution in [1.82, 2.24) is 0 Å². The molecule has 1 fully saturated rings. The van der Waals surface area contributed by atoms with Gasteiger partial charge in [0.05, 0.1) is 11.6 Å². The fourth-order valence-corrected chi connectivity index (χ4v) is 3.76. The summed E-state index contributed by atoms with van der Waals surface area (Å²) in [5.41, 5.74) is 1.69. The number of methoxy groups -OCH3 is 1. The zero-order valence-corrected chi connectivity index (χ0v) is 13.7. The highest BCUT2D eigenvalue weighted by atomic mass is 79.9. The van der Waals surface area contributed by atoms with E-state index in [1.165, 1.54) is 5.56 Å². The summed E-state index contributed by atoms with van der Waals surface area (Å²) in [7, 11) is 1.69. The molecule has 1 aromatic carbocycles. The molecule has 1 aliphatic heterocycles. The predicted octanol–water partition coefficient (Wildman–Crippen LogP) is 4.19. The molecule has 0 N–H and O–H groups in total. The highest BCUT2D eigenvalue weighted by molar-refractivity contribution is 9.10. The lowest BCUT2D eigenvalue weighted by molar-refractivity contribution is 0.0270. The molecule has 0 spiro atoms. The Morgan fingerprint density at radius 1 is 1.33 bits per heavy atom. The molecule has 2 nitrogen and oxygen atoms in total. The normalized spacial score (nSPS) is 18.6. The van der Waals surface area contributed by atoms with Crippen LogP contribution in [0.2, 0.25) is 0 Å². The van der Waals surface area contributed by atoms with Crippen LogP contribution in [-0.2, 0) is 11.2 Å². The Morgan fingerprint density at radius 2 is 2.06 bits per heavy atom. The van der Waals surface area contributed by atoms with Crippen molar-refractivity contribution in [2.75, 3.05) is 25.7 Å². The molecule has 0 radical (unpaired) electrons. The van der Waals surface area contributed by atoms with Crippen LogP contribution >= 0.6 is 31.9 Å². The fourth-order valence-electron chi connectivity index (χ4n) is 2.41. The Balaban J connectivity index is 2.14. The summed E-state index contributed by atoms with van der Waals surface area (Å²) >= 11 is 7.23. The topological polar surface area (TPSA) is 18.5 Å². The lowest BCUT2D eigenvalue weighted by atomic mass is 9.77. The molecule has 100 valence electrons. The van der Waals surface area contributed by atoms with Crippen LogP contribution in [-0.4, -0.2) is 25.7 Å². The van der Waals surface area contributed by atoms with Crippen LogP contribution in [0.25, 0.3) is 0 Å². The summed E-state index contributed by atoms with van der Waals surface area (Å²) in [5.74, 6) is 0.888. The van der Waals surface area contributed by atoms with Gasteiger partial charge in [0.15, 0.2) is 0 Å². The molecule has 0 unspecified atom stereocenters. The zero-order chi connectivity index (χ0) is 13.0. The third-order valence-electron chi connectivity index (χ3n) is 3.63. The number of rotatable bonds is 4. The summed E-state index contributed by atoms with van der Waals surface area (Å²) in [5, 5.41) is 1.03. The number of ether oxygens (including phenoxy) is 2. The Kier molecular flexibility index (Phi) is 5.10. The SMILES string of the molecule is COc1ccc(CC2(CBr)CCOCC2)cc1Br. The first-order chi connectivity index (χ1) is 8.69. The van der Waals surface area contributed by atoms with Crippen LogP contribution in [0.5, 0.6) is 5.75 Å². The lowest BCUT2D eigenvalue weighted by Gasteiger charge is -2.36. The highest BCUT2D eigenvalue weighted by Gasteiger charge is 2.31. The molecule has 0 saturated carbocycles. The summed E-state index contributed by atoms with van der Waals surface area (Å²) in [4.78, 5) is 0. The molecule has 0 amide bonds. The molecule has 0 bridgehead atoms. The first-order valence-corrected chi connectivity index (χ1v) is 8.07. The number of hydrogen-bond acceptors (Lipinski definition) is 2. The van der Waals surface area contributed by atoms with Crippen molar-refractivity contribution in [1.29, 1.82) is 0 Å². The molecule has 0 aromatic heterocycles. The molecule has 1 saturated heterocycles. The van der Waals surface area contributed by atoms with Crippen molar-refractivity contribution in [3.63, 3.8) is 0 Å². The van der Waals surface area contributed by atoms with E-state index >= 15 is 0 Å². The van der Waals surface area contributed by atoms with Gasteiger partial charge in [0, 0.05) is 18.5 Å². The second-order valence-electron chi connectivity index (χ2n) is 4.89. The lowest BCUT2D eigenvalue weighted by Crippen LogP contribution is -2.33. The van der Waals surface area contributed by atoms with Crippen LogP contribution in [0.1, 0.15) is 18.4 Å². The van der Waals surface area contributed by atoms with Gasteiger partial charge in [0.25, 0.3) is 0 Å².